The number of aliphatic hydroxyl groups excluding tert-OH is 2. The molecule has 0 aliphatic rings. The molecule has 0 aliphatic carbocycles. The van der Waals surface area contributed by atoms with Crippen molar-refractivity contribution in [1.82, 2.24) is 5.48 Å². The Morgan fingerprint density at radius 1 is 1.26 bits per heavy atom. The fourth-order valence-electron chi connectivity index (χ4n) is 2.36. The van der Waals surface area contributed by atoms with Crippen LogP contribution in [0.4, 0.5) is 24.5 Å². The number of carbonyl (C=O) groups excluding carboxylic acids is 1. The number of aliphatic hydroxyl groups is 2. The second kappa shape index (κ2) is 11.3. The van der Waals surface area contributed by atoms with E-state index in [0.717, 1.165) is 12.3 Å². The standard InChI is InChI=1S/C20H22F3N3O5/c1-11-3-4-16(15(21)7-11)25-19-14(20(29)26-30-6-5-27)8-13(17(22)18(19)23)9-24-31-10-12(2)28/h3-4,7-9,12,25,27-28H,5-6,10H2,1-2H3,(H,26,29)/b24-9+. The maximum atomic E-state index is 14.8. The highest BCUT2D eigenvalue weighted by molar-refractivity contribution is 6.01. The molecule has 0 radical (unpaired) electrons. The molecule has 0 spiro atoms. The topological polar surface area (TPSA) is 112 Å². The number of anilines is 2. The number of hydrogen-bond acceptors (Lipinski definition) is 7. The minimum Gasteiger partial charge on any atom is -0.394 e. The summed E-state index contributed by atoms with van der Waals surface area (Å²) in [4.78, 5) is 21.9. The minimum absolute atomic E-state index is 0.184. The van der Waals surface area contributed by atoms with Crippen LogP contribution < -0.4 is 10.8 Å². The molecule has 4 N–H and O–H groups in total. The number of aryl methyl sites for hydroxylation is 1. The molecule has 0 heterocycles. The van der Waals surface area contributed by atoms with E-state index < -0.39 is 52.9 Å². The van der Waals surface area contributed by atoms with E-state index in [-0.39, 0.29) is 18.9 Å². The summed E-state index contributed by atoms with van der Waals surface area (Å²) >= 11 is 0. The smallest absolute Gasteiger partial charge is 0.277 e. The molecule has 1 atom stereocenters. The van der Waals surface area contributed by atoms with Crippen LogP contribution in [0, 0.1) is 24.4 Å². The molecule has 31 heavy (non-hydrogen) atoms. The molecule has 2 rings (SSSR count). The summed E-state index contributed by atoms with van der Waals surface area (Å²) in [7, 11) is 0. The number of oxime groups is 1. The normalized spacial score (nSPS) is 12.1. The zero-order chi connectivity index (χ0) is 23.0. The van der Waals surface area contributed by atoms with Gasteiger partial charge in [0.25, 0.3) is 5.91 Å². The van der Waals surface area contributed by atoms with Gasteiger partial charge in [-0.15, -0.1) is 0 Å². The van der Waals surface area contributed by atoms with Crippen LogP contribution in [0.5, 0.6) is 0 Å². The number of hydrogen-bond donors (Lipinski definition) is 4. The number of carbonyl (C=O) groups is 1. The largest absolute Gasteiger partial charge is 0.394 e. The molecule has 1 amide bonds. The third kappa shape index (κ3) is 6.67. The lowest BCUT2D eigenvalue weighted by atomic mass is 10.1. The van der Waals surface area contributed by atoms with Crippen molar-refractivity contribution < 1.29 is 37.9 Å². The predicted molar refractivity (Wildman–Crippen MR) is 107 cm³/mol. The highest BCUT2D eigenvalue weighted by atomic mass is 19.2. The molecule has 0 saturated heterocycles. The number of rotatable bonds is 10. The van der Waals surface area contributed by atoms with Gasteiger partial charge in [-0.05, 0) is 37.6 Å². The Morgan fingerprint density at radius 2 is 2.00 bits per heavy atom. The highest BCUT2D eigenvalue weighted by Crippen LogP contribution is 2.30. The number of benzene rings is 2. The van der Waals surface area contributed by atoms with Crippen LogP contribution in [0.3, 0.4) is 0 Å². The third-order valence-electron chi connectivity index (χ3n) is 3.80. The third-order valence-corrected chi connectivity index (χ3v) is 3.80. The number of nitrogens with one attached hydrogen (secondary N) is 2. The Morgan fingerprint density at radius 3 is 2.65 bits per heavy atom. The molecule has 1 unspecified atom stereocenters. The Balaban J connectivity index is 2.45. The molecule has 2 aromatic rings. The Labute approximate surface area is 176 Å². The second-order valence-corrected chi connectivity index (χ2v) is 6.51. The number of nitrogens with zero attached hydrogens (tertiary/aromatic N) is 1. The minimum atomic E-state index is -1.47. The Bertz CT molecular complexity index is 954. The highest BCUT2D eigenvalue weighted by Gasteiger charge is 2.23. The number of hydroxylamine groups is 1. The summed E-state index contributed by atoms with van der Waals surface area (Å²) < 4.78 is 43.6. The van der Waals surface area contributed by atoms with Gasteiger partial charge in [0.15, 0.2) is 11.6 Å². The summed E-state index contributed by atoms with van der Waals surface area (Å²) in [5.41, 5.74) is 0.902. The van der Waals surface area contributed by atoms with Gasteiger partial charge in [0.05, 0.1) is 42.5 Å². The molecule has 0 fully saturated rings. The van der Waals surface area contributed by atoms with Gasteiger partial charge in [0, 0.05) is 5.56 Å². The van der Waals surface area contributed by atoms with Gasteiger partial charge >= 0.3 is 0 Å². The van der Waals surface area contributed by atoms with Gasteiger partial charge in [-0.3, -0.25) is 9.63 Å². The summed E-state index contributed by atoms with van der Waals surface area (Å²) in [6.45, 7) is 2.27. The maximum Gasteiger partial charge on any atom is 0.277 e. The van der Waals surface area contributed by atoms with Crippen LogP contribution in [-0.4, -0.2) is 48.3 Å². The molecular formula is C20H22F3N3O5. The average molecular weight is 441 g/mol. The van der Waals surface area contributed by atoms with Crippen molar-refractivity contribution >= 4 is 23.5 Å². The van der Waals surface area contributed by atoms with Crippen molar-refractivity contribution in [1.29, 1.82) is 0 Å². The van der Waals surface area contributed by atoms with E-state index in [1.165, 1.54) is 19.1 Å². The van der Waals surface area contributed by atoms with E-state index in [9.17, 15) is 18.0 Å². The molecule has 0 aliphatic heterocycles. The van der Waals surface area contributed by atoms with Crippen LogP contribution in [0.15, 0.2) is 29.4 Å². The van der Waals surface area contributed by atoms with Crippen LogP contribution in [0.2, 0.25) is 0 Å². The molecule has 168 valence electrons. The van der Waals surface area contributed by atoms with E-state index >= 15 is 0 Å². The Kier molecular flexibility index (Phi) is 8.79. The molecular weight excluding hydrogens is 419 g/mol. The predicted octanol–water partition coefficient (Wildman–Crippen LogP) is 2.54. The fourth-order valence-corrected chi connectivity index (χ4v) is 2.36. The van der Waals surface area contributed by atoms with Crippen LogP contribution in [0.25, 0.3) is 0 Å². The van der Waals surface area contributed by atoms with Crippen LogP contribution in [0.1, 0.15) is 28.4 Å². The first kappa shape index (κ1) is 24.1. The first-order chi connectivity index (χ1) is 14.7. The summed E-state index contributed by atoms with van der Waals surface area (Å²) in [5.74, 6) is -4.55. The van der Waals surface area contributed by atoms with Crippen molar-refractivity contribution in [3.8, 4) is 0 Å². The number of halogens is 3. The van der Waals surface area contributed by atoms with E-state index in [4.69, 9.17) is 19.9 Å². The van der Waals surface area contributed by atoms with Gasteiger partial charge in [0.1, 0.15) is 12.4 Å². The molecule has 2 aromatic carbocycles. The fraction of sp³-hybridized carbons (Fsp3) is 0.300. The van der Waals surface area contributed by atoms with Crippen molar-refractivity contribution in [2.45, 2.75) is 20.0 Å². The van der Waals surface area contributed by atoms with E-state index in [2.05, 4.69) is 10.5 Å². The van der Waals surface area contributed by atoms with Crippen molar-refractivity contribution in [3.63, 3.8) is 0 Å². The SMILES string of the molecule is Cc1ccc(Nc2c(C(=O)NOCCO)cc(/C=N/OCC(C)O)c(F)c2F)c(F)c1. The molecule has 0 aromatic heterocycles. The molecule has 8 nitrogen and oxygen atoms in total. The monoisotopic (exact) mass is 441 g/mol. The lowest BCUT2D eigenvalue weighted by Gasteiger charge is -2.16. The molecule has 0 saturated carbocycles. The van der Waals surface area contributed by atoms with Crippen molar-refractivity contribution in [2.24, 2.45) is 5.16 Å². The Hall–Kier alpha value is -3.15. The van der Waals surface area contributed by atoms with Gasteiger partial charge in [0.2, 0.25) is 0 Å². The average Bonchev–Trinajstić information content (AvgIpc) is 2.71. The van der Waals surface area contributed by atoms with E-state index in [0.29, 0.717) is 5.56 Å². The number of amides is 1. The van der Waals surface area contributed by atoms with Gasteiger partial charge in [-0.1, -0.05) is 11.2 Å². The van der Waals surface area contributed by atoms with Gasteiger partial charge < -0.3 is 20.4 Å². The van der Waals surface area contributed by atoms with Crippen molar-refractivity contribution in [2.75, 3.05) is 25.1 Å². The zero-order valence-electron chi connectivity index (χ0n) is 16.8. The summed E-state index contributed by atoms with van der Waals surface area (Å²) in [6.07, 6.45) is -0.0118. The summed E-state index contributed by atoms with van der Waals surface area (Å²) in [6, 6.07) is 5.00. The van der Waals surface area contributed by atoms with E-state index in [1.54, 1.807) is 13.0 Å². The second-order valence-electron chi connectivity index (χ2n) is 6.51. The first-order valence-corrected chi connectivity index (χ1v) is 9.16. The quantitative estimate of drug-likeness (QED) is 0.256. The lowest BCUT2D eigenvalue weighted by Crippen LogP contribution is -2.26. The maximum absolute atomic E-state index is 14.8. The van der Waals surface area contributed by atoms with Crippen LogP contribution >= 0.6 is 0 Å². The van der Waals surface area contributed by atoms with Gasteiger partial charge in [-0.2, -0.15) is 0 Å². The molecule has 11 heteroatoms. The van der Waals surface area contributed by atoms with Crippen LogP contribution in [-0.2, 0) is 9.68 Å². The summed E-state index contributed by atoms with van der Waals surface area (Å²) in [5, 5.41) is 23.7. The molecule has 0 bridgehead atoms. The lowest BCUT2D eigenvalue weighted by molar-refractivity contribution is 0.0168. The zero-order valence-corrected chi connectivity index (χ0v) is 16.8. The van der Waals surface area contributed by atoms with E-state index in [1.807, 2.05) is 5.48 Å². The first-order valence-electron chi connectivity index (χ1n) is 9.16. The van der Waals surface area contributed by atoms with Gasteiger partial charge in [-0.25, -0.2) is 18.7 Å². The van der Waals surface area contributed by atoms with Crippen molar-refractivity contribution in [3.05, 3.63) is 58.4 Å².